The molecule has 0 fully saturated rings. The first-order valence-corrected chi connectivity index (χ1v) is 18.9. The number of fused-ring (bicyclic) bond motifs is 10. The van der Waals surface area contributed by atoms with Gasteiger partial charge in [-0.2, -0.15) is 0 Å². The summed E-state index contributed by atoms with van der Waals surface area (Å²) in [6, 6.07) is 76.8. The van der Waals surface area contributed by atoms with Crippen LogP contribution in [0.3, 0.4) is 0 Å². The molecule has 0 amide bonds. The summed E-state index contributed by atoms with van der Waals surface area (Å²) in [6.07, 6.45) is 0. The Labute approximate surface area is 321 Å². The van der Waals surface area contributed by atoms with Crippen LogP contribution in [0.5, 0.6) is 11.5 Å². The lowest BCUT2D eigenvalue weighted by molar-refractivity contribution is 0.436. The molecule has 2 heteroatoms. The fraction of sp³-hybridized carbons (Fsp3) is 0.0189. The van der Waals surface area contributed by atoms with Crippen molar-refractivity contribution < 1.29 is 4.74 Å². The number of hydrogen-bond donors (Lipinski definition) is 0. The molecule has 0 saturated heterocycles. The van der Waals surface area contributed by atoms with Crippen molar-refractivity contribution in [3.05, 3.63) is 235 Å². The number of para-hydroxylation sites is 2. The fourth-order valence-corrected chi connectivity index (χ4v) is 9.16. The lowest BCUT2D eigenvalue weighted by Crippen LogP contribution is -2.32. The summed E-state index contributed by atoms with van der Waals surface area (Å²) in [5.41, 5.74) is 14.7. The highest BCUT2D eigenvalue weighted by Crippen LogP contribution is 2.63. The van der Waals surface area contributed by atoms with E-state index in [9.17, 15) is 0 Å². The molecule has 9 aromatic rings. The Morgan fingerprint density at radius 2 is 0.945 bits per heavy atom. The van der Waals surface area contributed by atoms with Crippen LogP contribution in [0.25, 0.3) is 44.2 Å². The molecule has 0 aromatic heterocycles. The first kappa shape index (κ1) is 31.4. The molecule has 1 atom stereocenters. The van der Waals surface area contributed by atoms with E-state index in [2.05, 4.69) is 217 Å². The molecule has 1 aliphatic heterocycles. The molecule has 2 nitrogen and oxygen atoms in total. The van der Waals surface area contributed by atoms with E-state index < -0.39 is 5.41 Å². The molecule has 1 heterocycles. The van der Waals surface area contributed by atoms with Gasteiger partial charge in [0.05, 0.1) is 5.41 Å². The maximum Gasteiger partial charge on any atom is 0.132 e. The van der Waals surface area contributed by atoms with Crippen LogP contribution in [-0.2, 0) is 5.41 Å². The van der Waals surface area contributed by atoms with Crippen LogP contribution < -0.4 is 9.64 Å². The Hall–Kier alpha value is -7.16. The second-order valence-electron chi connectivity index (χ2n) is 14.4. The van der Waals surface area contributed by atoms with Gasteiger partial charge in [0.1, 0.15) is 11.5 Å². The summed E-state index contributed by atoms with van der Waals surface area (Å²) < 4.78 is 6.93. The standard InChI is InChI=1S/C53H35NO/c1-3-15-36(16-4-1)38-19-13-22-41(33-38)54(40-20-5-2-6-21-40)42-30-31-46-45-24-9-10-26-47(45)53(50(46)35-42)48-27-11-12-28-51(48)55-52-34-39(29-32-49(52)53)44-25-14-18-37-17-7-8-23-43(37)44/h1-35H. The van der Waals surface area contributed by atoms with Crippen LogP contribution in [0.1, 0.15) is 22.3 Å². The monoisotopic (exact) mass is 701 g/mol. The Balaban J connectivity index is 1.16. The van der Waals surface area contributed by atoms with Gasteiger partial charge in [-0.25, -0.2) is 0 Å². The first-order chi connectivity index (χ1) is 27.3. The van der Waals surface area contributed by atoms with Crippen LogP contribution in [0.4, 0.5) is 17.1 Å². The van der Waals surface area contributed by atoms with Crippen molar-refractivity contribution in [2.24, 2.45) is 0 Å². The fourth-order valence-electron chi connectivity index (χ4n) is 9.16. The summed E-state index contributed by atoms with van der Waals surface area (Å²) in [4.78, 5) is 2.39. The lowest BCUT2D eigenvalue weighted by atomic mass is 9.66. The number of anilines is 3. The maximum atomic E-state index is 6.93. The number of nitrogens with zero attached hydrogens (tertiary/aromatic N) is 1. The van der Waals surface area contributed by atoms with Gasteiger partial charge in [0.2, 0.25) is 0 Å². The summed E-state index contributed by atoms with van der Waals surface area (Å²) in [6.45, 7) is 0. The average molecular weight is 702 g/mol. The van der Waals surface area contributed by atoms with Gasteiger partial charge in [0.15, 0.2) is 0 Å². The molecule has 2 aliphatic rings. The van der Waals surface area contributed by atoms with E-state index in [1.165, 1.54) is 49.7 Å². The third-order valence-corrected chi connectivity index (χ3v) is 11.5. The molecule has 0 radical (unpaired) electrons. The molecule has 0 N–H and O–H groups in total. The van der Waals surface area contributed by atoms with E-state index in [4.69, 9.17) is 4.74 Å². The minimum Gasteiger partial charge on any atom is -0.457 e. The molecular formula is C53H35NO. The zero-order chi connectivity index (χ0) is 36.3. The third-order valence-electron chi connectivity index (χ3n) is 11.5. The van der Waals surface area contributed by atoms with E-state index >= 15 is 0 Å². The molecule has 258 valence electrons. The summed E-state index contributed by atoms with van der Waals surface area (Å²) >= 11 is 0. The quantitative estimate of drug-likeness (QED) is 0.177. The zero-order valence-electron chi connectivity index (χ0n) is 30.1. The van der Waals surface area contributed by atoms with Crippen molar-refractivity contribution in [3.8, 4) is 44.9 Å². The second kappa shape index (κ2) is 12.5. The molecule has 0 bridgehead atoms. The number of benzene rings is 9. The van der Waals surface area contributed by atoms with Gasteiger partial charge < -0.3 is 9.64 Å². The smallest absolute Gasteiger partial charge is 0.132 e. The van der Waals surface area contributed by atoms with Crippen LogP contribution in [-0.4, -0.2) is 0 Å². The van der Waals surface area contributed by atoms with E-state index in [0.29, 0.717) is 0 Å². The molecular weight excluding hydrogens is 667 g/mol. The molecule has 9 aromatic carbocycles. The number of hydrogen-bond acceptors (Lipinski definition) is 2. The van der Waals surface area contributed by atoms with Gasteiger partial charge in [-0.1, -0.05) is 164 Å². The van der Waals surface area contributed by atoms with E-state index in [1.807, 2.05) is 0 Å². The minimum atomic E-state index is -0.600. The van der Waals surface area contributed by atoms with Crippen LogP contribution in [0.2, 0.25) is 0 Å². The van der Waals surface area contributed by atoms with E-state index in [0.717, 1.165) is 45.3 Å². The number of rotatable bonds is 5. The van der Waals surface area contributed by atoms with E-state index in [-0.39, 0.29) is 0 Å². The van der Waals surface area contributed by atoms with Crippen molar-refractivity contribution in [2.45, 2.75) is 5.41 Å². The van der Waals surface area contributed by atoms with E-state index in [1.54, 1.807) is 0 Å². The largest absolute Gasteiger partial charge is 0.457 e. The molecule has 1 spiro atoms. The average Bonchev–Trinajstić information content (AvgIpc) is 3.54. The normalized spacial score (nSPS) is 14.8. The SMILES string of the molecule is c1ccc(-c2cccc(N(c3ccccc3)c3ccc4c(c3)C3(c5ccccc5Oc5cc(-c6cccc7ccccc67)ccc53)c3ccccc3-4)c2)cc1. The topological polar surface area (TPSA) is 12.5 Å². The predicted molar refractivity (Wildman–Crippen MR) is 227 cm³/mol. The molecule has 0 saturated carbocycles. The first-order valence-electron chi connectivity index (χ1n) is 18.9. The Bertz CT molecular complexity index is 2910. The van der Waals surface area contributed by atoms with Gasteiger partial charge in [-0.3, -0.25) is 0 Å². The maximum absolute atomic E-state index is 6.93. The van der Waals surface area contributed by atoms with Gasteiger partial charge >= 0.3 is 0 Å². The number of ether oxygens (including phenoxy) is 1. The minimum absolute atomic E-state index is 0.600. The van der Waals surface area contributed by atoms with Crippen LogP contribution in [0, 0.1) is 0 Å². The Morgan fingerprint density at radius 3 is 1.84 bits per heavy atom. The molecule has 11 rings (SSSR count). The van der Waals surface area contributed by atoms with Crippen molar-refractivity contribution >= 4 is 27.8 Å². The highest BCUT2D eigenvalue weighted by Gasteiger charge is 2.51. The summed E-state index contributed by atoms with van der Waals surface area (Å²) in [5, 5.41) is 2.46. The lowest BCUT2D eigenvalue weighted by Gasteiger charge is -2.40. The van der Waals surface area contributed by atoms with Gasteiger partial charge in [0, 0.05) is 28.2 Å². The van der Waals surface area contributed by atoms with Crippen molar-refractivity contribution in [1.29, 1.82) is 0 Å². The Morgan fingerprint density at radius 1 is 0.327 bits per heavy atom. The predicted octanol–water partition coefficient (Wildman–Crippen LogP) is 14.1. The third kappa shape index (κ3) is 4.82. The highest BCUT2D eigenvalue weighted by molar-refractivity contribution is 5.98. The van der Waals surface area contributed by atoms with Crippen LogP contribution in [0.15, 0.2) is 212 Å². The van der Waals surface area contributed by atoms with Gasteiger partial charge in [-0.15, -0.1) is 0 Å². The van der Waals surface area contributed by atoms with Crippen LogP contribution >= 0.6 is 0 Å². The molecule has 1 aliphatic carbocycles. The molecule has 1 unspecified atom stereocenters. The highest BCUT2D eigenvalue weighted by atomic mass is 16.5. The second-order valence-corrected chi connectivity index (χ2v) is 14.4. The van der Waals surface area contributed by atoms with Crippen molar-refractivity contribution in [3.63, 3.8) is 0 Å². The van der Waals surface area contributed by atoms with Crippen molar-refractivity contribution in [1.82, 2.24) is 0 Å². The zero-order valence-corrected chi connectivity index (χ0v) is 30.1. The van der Waals surface area contributed by atoms with Gasteiger partial charge in [-0.05, 0) is 104 Å². The summed E-state index contributed by atoms with van der Waals surface area (Å²) in [7, 11) is 0. The summed E-state index contributed by atoms with van der Waals surface area (Å²) in [5.74, 6) is 1.77. The Kier molecular flexibility index (Phi) is 7.11. The molecule has 55 heavy (non-hydrogen) atoms. The van der Waals surface area contributed by atoms with Gasteiger partial charge in [0.25, 0.3) is 0 Å². The van der Waals surface area contributed by atoms with Crippen molar-refractivity contribution in [2.75, 3.05) is 4.90 Å².